The first-order chi connectivity index (χ1) is 10.7. The second-order valence-electron chi connectivity index (χ2n) is 4.77. The Hall–Kier alpha value is -1.65. The summed E-state index contributed by atoms with van der Waals surface area (Å²) < 4.78 is 72.5. The second kappa shape index (κ2) is 6.85. The van der Waals surface area contributed by atoms with Gasteiger partial charge in [0, 0.05) is 6.42 Å². The normalized spacial score (nSPS) is 22.0. The Labute approximate surface area is 130 Å². The topological polar surface area (TPSA) is 78.9 Å². The number of alkyl halides is 3. The van der Waals surface area contributed by atoms with Crippen LogP contribution >= 0.6 is 0 Å². The van der Waals surface area contributed by atoms with Crippen molar-refractivity contribution in [3.05, 3.63) is 35.9 Å². The molecule has 1 aliphatic rings. The third kappa shape index (κ3) is 4.66. The highest BCUT2D eigenvalue weighted by Crippen LogP contribution is 2.28. The van der Waals surface area contributed by atoms with Gasteiger partial charge in [-0.1, -0.05) is 18.2 Å². The van der Waals surface area contributed by atoms with Gasteiger partial charge >= 0.3 is 21.6 Å². The Morgan fingerprint density at radius 2 is 1.91 bits per heavy atom. The first-order valence-corrected chi connectivity index (χ1v) is 7.93. The third-order valence-electron chi connectivity index (χ3n) is 3.00. The van der Waals surface area contributed by atoms with E-state index in [4.69, 9.17) is 9.47 Å². The first-order valence-electron chi connectivity index (χ1n) is 6.52. The maximum absolute atomic E-state index is 12.2. The van der Waals surface area contributed by atoms with Crippen LogP contribution in [0, 0.1) is 0 Å². The Bertz CT molecular complexity index is 643. The van der Waals surface area contributed by atoms with Crippen LogP contribution in [0.25, 0.3) is 0 Å². The molecule has 1 aliphatic heterocycles. The maximum Gasteiger partial charge on any atom is 0.523 e. The number of hydrogen-bond donors (Lipinski definition) is 0. The standard InChI is InChI=1S/C13H13F3O6S/c14-13(15,16)23(18,19)22-11-6-10(20-8-11)7-21-12(17)9-4-2-1-3-5-9/h1-5,10-11H,6-8H2/t10-,11-/m0/s1. The Balaban J connectivity index is 1.81. The van der Waals surface area contributed by atoms with Gasteiger partial charge in [-0.05, 0) is 12.1 Å². The molecule has 10 heteroatoms. The summed E-state index contributed by atoms with van der Waals surface area (Å²) >= 11 is 0. The zero-order chi connectivity index (χ0) is 17.1. The van der Waals surface area contributed by atoms with Crippen LogP contribution in [0.1, 0.15) is 16.8 Å². The molecule has 1 saturated heterocycles. The SMILES string of the molecule is O=C(OC[C@@H]1C[C@H](OS(=O)(=O)C(F)(F)F)CO1)c1ccccc1. The molecule has 0 unspecified atom stereocenters. The van der Waals surface area contributed by atoms with Gasteiger partial charge in [0.25, 0.3) is 0 Å². The lowest BCUT2D eigenvalue weighted by molar-refractivity contribution is -0.0574. The lowest BCUT2D eigenvalue weighted by atomic mass is 10.2. The number of ether oxygens (including phenoxy) is 2. The molecular formula is C13H13F3O6S. The molecule has 0 N–H and O–H groups in total. The molecule has 0 bridgehead atoms. The van der Waals surface area contributed by atoms with Crippen molar-refractivity contribution in [3.63, 3.8) is 0 Å². The lowest BCUT2D eigenvalue weighted by Crippen LogP contribution is -2.30. The van der Waals surface area contributed by atoms with E-state index in [1.165, 1.54) is 0 Å². The zero-order valence-corrected chi connectivity index (χ0v) is 12.5. The fourth-order valence-corrected chi connectivity index (χ4v) is 2.52. The fourth-order valence-electron chi connectivity index (χ4n) is 1.92. The third-order valence-corrected chi connectivity index (χ3v) is 4.09. The molecule has 1 heterocycles. The number of esters is 1. The monoisotopic (exact) mass is 354 g/mol. The highest BCUT2D eigenvalue weighted by atomic mass is 32.2. The summed E-state index contributed by atoms with van der Waals surface area (Å²) in [5.41, 5.74) is -5.16. The fraction of sp³-hybridized carbons (Fsp3) is 0.462. The van der Waals surface area contributed by atoms with E-state index in [2.05, 4.69) is 4.18 Å². The Morgan fingerprint density at radius 3 is 2.52 bits per heavy atom. The van der Waals surface area contributed by atoms with Gasteiger partial charge in [-0.25, -0.2) is 4.79 Å². The highest BCUT2D eigenvalue weighted by molar-refractivity contribution is 7.87. The number of benzene rings is 1. The van der Waals surface area contributed by atoms with Crippen LogP contribution in [-0.4, -0.2) is 45.3 Å². The van der Waals surface area contributed by atoms with Crippen molar-refractivity contribution in [2.24, 2.45) is 0 Å². The smallest absolute Gasteiger partial charge is 0.459 e. The van der Waals surface area contributed by atoms with Crippen LogP contribution in [0.5, 0.6) is 0 Å². The minimum atomic E-state index is -5.67. The Morgan fingerprint density at radius 1 is 1.26 bits per heavy atom. The molecule has 0 aromatic heterocycles. The molecule has 23 heavy (non-hydrogen) atoms. The van der Waals surface area contributed by atoms with E-state index in [1.807, 2.05) is 0 Å². The molecule has 0 aliphatic carbocycles. The summed E-state index contributed by atoms with van der Waals surface area (Å²) in [5, 5.41) is 0. The quantitative estimate of drug-likeness (QED) is 0.456. The van der Waals surface area contributed by atoms with Crippen molar-refractivity contribution in [3.8, 4) is 0 Å². The lowest BCUT2D eigenvalue weighted by Gasteiger charge is -2.12. The van der Waals surface area contributed by atoms with Gasteiger partial charge in [-0.15, -0.1) is 0 Å². The second-order valence-corrected chi connectivity index (χ2v) is 6.34. The van der Waals surface area contributed by atoms with E-state index in [-0.39, 0.29) is 19.6 Å². The number of carbonyl (C=O) groups is 1. The predicted molar refractivity (Wildman–Crippen MR) is 70.9 cm³/mol. The van der Waals surface area contributed by atoms with Crippen molar-refractivity contribution < 1.29 is 40.0 Å². The molecule has 128 valence electrons. The molecular weight excluding hydrogens is 341 g/mol. The summed E-state index contributed by atoms with van der Waals surface area (Å²) in [6, 6.07) is 8.10. The van der Waals surface area contributed by atoms with Gasteiger partial charge in [-0.2, -0.15) is 21.6 Å². The van der Waals surface area contributed by atoms with Crippen LogP contribution in [0.15, 0.2) is 30.3 Å². The van der Waals surface area contributed by atoms with Gasteiger partial charge in [-0.3, -0.25) is 4.18 Å². The average molecular weight is 354 g/mol. The van der Waals surface area contributed by atoms with Gasteiger partial charge in [0.15, 0.2) is 0 Å². The molecule has 0 saturated carbocycles. The molecule has 0 radical (unpaired) electrons. The van der Waals surface area contributed by atoms with Crippen molar-refractivity contribution in [1.82, 2.24) is 0 Å². The van der Waals surface area contributed by atoms with Crippen molar-refractivity contribution >= 4 is 16.1 Å². The van der Waals surface area contributed by atoms with Crippen LogP contribution in [-0.2, 0) is 23.8 Å². The highest BCUT2D eigenvalue weighted by Gasteiger charge is 2.49. The maximum atomic E-state index is 12.2. The summed E-state index contributed by atoms with van der Waals surface area (Å²) in [5.74, 6) is -0.610. The molecule has 0 amide bonds. The summed E-state index contributed by atoms with van der Waals surface area (Å²) in [6.45, 7) is -0.539. The summed E-state index contributed by atoms with van der Waals surface area (Å²) in [4.78, 5) is 11.7. The van der Waals surface area contributed by atoms with Gasteiger partial charge < -0.3 is 9.47 Å². The zero-order valence-electron chi connectivity index (χ0n) is 11.7. The minimum absolute atomic E-state index is 0.128. The largest absolute Gasteiger partial charge is 0.523 e. The minimum Gasteiger partial charge on any atom is -0.459 e. The molecule has 1 aromatic rings. The van der Waals surface area contributed by atoms with Crippen molar-refractivity contribution in [1.29, 1.82) is 0 Å². The number of halogens is 3. The Kier molecular flexibility index (Phi) is 5.27. The van der Waals surface area contributed by atoms with Gasteiger partial charge in [0.05, 0.1) is 18.3 Å². The van der Waals surface area contributed by atoms with E-state index in [1.54, 1.807) is 30.3 Å². The van der Waals surface area contributed by atoms with Crippen LogP contribution in [0.3, 0.4) is 0 Å². The van der Waals surface area contributed by atoms with E-state index in [9.17, 15) is 26.4 Å². The predicted octanol–water partition coefficient (Wildman–Crippen LogP) is 1.87. The van der Waals surface area contributed by atoms with E-state index in [0.29, 0.717) is 5.56 Å². The molecule has 6 nitrogen and oxygen atoms in total. The van der Waals surface area contributed by atoms with Crippen LogP contribution in [0.4, 0.5) is 13.2 Å². The average Bonchev–Trinajstić information content (AvgIpc) is 2.91. The van der Waals surface area contributed by atoms with E-state index >= 15 is 0 Å². The molecule has 2 atom stereocenters. The number of carbonyl (C=O) groups excluding carboxylic acids is 1. The summed E-state index contributed by atoms with van der Waals surface area (Å²) in [6.07, 6.45) is -2.12. The first kappa shape index (κ1) is 17.7. The number of rotatable bonds is 5. The molecule has 2 rings (SSSR count). The summed E-state index contributed by atoms with van der Waals surface area (Å²) in [7, 11) is -5.67. The van der Waals surface area contributed by atoms with E-state index < -0.39 is 33.8 Å². The van der Waals surface area contributed by atoms with Crippen molar-refractivity contribution in [2.45, 2.75) is 24.1 Å². The molecule has 1 fully saturated rings. The molecule has 1 aromatic carbocycles. The van der Waals surface area contributed by atoms with Crippen LogP contribution < -0.4 is 0 Å². The van der Waals surface area contributed by atoms with E-state index in [0.717, 1.165) is 0 Å². The van der Waals surface area contributed by atoms with Crippen LogP contribution in [0.2, 0.25) is 0 Å². The van der Waals surface area contributed by atoms with Gasteiger partial charge in [0.2, 0.25) is 0 Å². The number of hydrogen-bond acceptors (Lipinski definition) is 6. The molecule has 0 spiro atoms. The van der Waals surface area contributed by atoms with Crippen molar-refractivity contribution in [2.75, 3.05) is 13.2 Å². The van der Waals surface area contributed by atoms with Gasteiger partial charge in [0.1, 0.15) is 12.7 Å².